The average Bonchev–Trinajstić information content (AvgIpc) is 3.34. The van der Waals surface area contributed by atoms with E-state index >= 15 is 0 Å². The molecule has 0 saturated carbocycles. The third kappa shape index (κ3) is 8.15. The quantitative estimate of drug-likeness (QED) is 0.161. The molecule has 1 N–H and O–H groups in total. The number of benzene rings is 2. The summed E-state index contributed by atoms with van der Waals surface area (Å²) in [5.74, 6) is 0.695. The molecule has 3 aromatic rings. The van der Waals surface area contributed by atoms with Gasteiger partial charge in [0.05, 0.1) is 11.3 Å². The number of thiol groups is 1. The van der Waals surface area contributed by atoms with Crippen LogP contribution >= 0.6 is 12.6 Å². The van der Waals surface area contributed by atoms with Crippen LogP contribution in [0.25, 0.3) is 17.1 Å². The number of unbranched alkanes of at least 4 members (excludes halogenated alkanes) is 12. The van der Waals surface area contributed by atoms with Crippen LogP contribution in [0, 0.1) is 0 Å². The van der Waals surface area contributed by atoms with Crippen molar-refractivity contribution in [1.29, 1.82) is 0 Å². The molecule has 0 bridgehead atoms. The first-order valence-electron chi connectivity index (χ1n) is 13.1. The van der Waals surface area contributed by atoms with E-state index in [1.165, 1.54) is 77.0 Å². The van der Waals surface area contributed by atoms with E-state index in [9.17, 15) is 5.11 Å². The molecule has 0 aliphatic rings. The third-order valence-corrected chi connectivity index (χ3v) is 6.87. The highest BCUT2D eigenvalue weighted by atomic mass is 32.1. The molecule has 0 saturated heterocycles. The molecule has 2 aromatic carbocycles. The van der Waals surface area contributed by atoms with E-state index in [1.54, 1.807) is 4.68 Å². The van der Waals surface area contributed by atoms with E-state index in [4.69, 9.17) is 12.6 Å². The first-order chi connectivity index (χ1) is 16.7. The standard InChI is InChI=1S/C28H40N4OS/c1-2-3-4-5-6-7-8-9-10-11-12-13-15-18-23-21-26(33)25(22-27(23)34)28-29-30-31-32(28)24-19-16-14-17-20-24/h14,16-17,19-22,33-34H,2-13,15,18H2,1H3. The number of phenols is 1. The minimum Gasteiger partial charge on any atom is -0.507 e. The normalized spacial score (nSPS) is 11.2. The van der Waals surface area contributed by atoms with E-state index in [0.29, 0.717) is 11.4 Å². The van der Waals surface area contributed by atoms with Crippen LogP contribution in [0.15, 0.2) is 47.4 Å². The second-order valence-corrected chi connectivity index (χ2v) is 9.72. The number of hydrogen-bond acceptors (Lipinski definition) is 5. The van der Waals surface area contributed by atoms with Crippen molar-refractivity contribution in [2.45, 2.75) is 102 Å². The number of para-hydroxylation sites is 1. The first-order valence-corrected chi connectivity index (χ1v) is 13.5. The Balaban J connectivity index is 1.39. The number of phenolic OH excluding ortho intramolecular Hbond substituents is 1. The Morgan fingerprint density at radius 2 is 1.38 bits per heavy atom. The summed E-state index contributed by atoms with van der Waals surface area (Å²) in [6, 6.07) is 13.4. The molecule has 0 aliphatic carbocycles. The third-order valence-electron chi connectivity index (χ3n) is 6.46. The van der Waals surface area contributed by atoms with E-state index in [-0.39, 0.29) is 5.75 Å². The van der Waals surface area contributed by atoms with E-state index in [0.717, 1.165) is 29.0 Å². The van der Waals surface area contributed by atoms with Gasteiger partial charge >= 0.3 is 0 Å². The van der Waals surface area contributed by atoms with E-state index in [1.807, 2.05) is 42.5 Å². The van der Waals surface area contributed by atoms with E-state index < -0.39 is 0 Å². The lowest BCUT2D eigenvalue weighted by molar-refractivity contribution is 0.475. The highest BCUT2D eigenvalue weighted by Gasteiger charge is 2.16. The van der Waals surface area contributed by atoms with Crippen LogP contribution in [0.5, 0.6) is 5.75 Å². The van der Waals surface area contributed by atoms with Gasteiger partial charge in [-0.25, -0.2) is 0 Å². The van der Waals surface area contributed by atoms with Gasteiger partial charge in [-0.1, -0.05) is 102 Å². The minimum absolute atomic E-state index is 0.189. The lowest BCUT2D eigenvalue weighted by Crippen LogP contribution is -2.00. The average molecular weight is 481 g/mol. The number of tetrazole rings is 1. The van der Waals surface area contributed by atoms with Crippen molar-refractivity contribution in [2.24, 2.45) is 0 Å². The van der Waals surface area contributed by atoms with Gasteiger partial charge in [0.15, 0.2) is 5.82 Å². The fraction of sp³-hybridized carbons (Fsp3) is 0.536. The number of aromatic nitrogens is 4. The molecule has 5 nitrogen and oxygen atoms in total. The van der Waals surface area contributed by atoms with E-state index in [2.05, 4.69) is 22.4 Å². The maximum Gasteiger partial charge on any atom is 0.190 e. The number of hydrogen-bond donors (Lipinski definition) is 2. The summed E-state index contributed by atoms with van der Waals surface area (Å²) in [5, 5.41) is 22.8. The van der Waals surface area contributed by atoms with Crippen molar-refractivity contribution in [1.82, 2.24) is 20.2 Å². The SMILES string of the molecule is CCCCCCCCCCCCCCCc1cc(O)c(-c2nnnn2-c2ccccc2)cc1S. The maximum absolute atomic E-state index is 10.7. The lowest BCUT2D eigenvalue weighted by Gasteiger charge is -2.11. The van der Waals surface area contributed by atoms with Crippen molar-refractivity contribution in [2.75, 3.05) is 0 Å². The summed E-state index contributed by atoms with van der Waals surface area (Å²) in [7, 11) is 0. The van der Waals surface area contributed by atoms with Gasteiger partial charge < -0.3 is 5.11 Å². The predicted molar refractivity (Wildman–Crippen MR) is 143 cm³/mol. The largest absolute Gasteiger partial charge is 0.507 e. The second-order valence-electron chi connectivity index (χ2n) is 9.24. The molecule has 0 radical (unpaired) electrons. The Hall–Kier alpha value is -2.34. The van der Waals surface area contributed by atoms with Crippen LogP contribution < -0.4 is 0 Å². The molecule has 34 heavy (non-hydrogen) atoms. The lowest BCUT2D eigenvalue weighted by atomic mass is 10.0. The van der Waals surface area contributed by atoms with Gasteiger partial charge in [0.2, 0.25) is 0 Å². The summed E-state index contributed by atoms with van der Waals surface area (Å²) in [6.07, 6.45) is 18.4. The molecule has 0 fully saturated rings. The molecule has 0 aliphatic heterocycles. The fourth-order valence-corrected chi connectivity index (χ4v) is 4.74. The van der Waals surface area contributed by atoms with Gasteiger partial charge in [0.25, 0.3) is 0 Å². The highest BCUT2D eigenvalue weighted by molar-refractivity contribution is 7.80. The zero-order chi connectivity index (χ0) is 24.0. The van der Waals surface area contributed by atoms with Crippen molar-refractivity contribution in [3.05, 3.63) is 48.0 Å². The number of nitrogens with zero attached hydrogens (tertiary/aromatic N) is 4. The van der Waals surface area contributed by atoms with Crippen molar-refractivity contribution in [3.63, 3.8) is 0 Å². The zero-order valence-corrected chi connectivity index (χ0v) is 21.5. The smallest absolute Gasteiger partial charge is 0.190 e. The van der Waals surface area contributed by atoms with Crippen LogP contribution in [0.4, 0.5) is 0 Å². The van der Waals surface area contributed by atoms with Gasteiger partial charge in [-0.05, 0) is 53.1 Å². The van der Waals surface area contributed by atoms with Gasteiger partial charge in [0, 0.05) is 4.90 Å². The van der Waals surface area contributed by atoms with Gasteiger partial charge in [-0.3, -0.25) is 0 Å². The molecule has 6 heteroatoms. The Bertz CT molecular complexity index is 974. The van der Waals surface area contributed by atoms with Crippen LogP contribution in [0.2, 0.25) is 0 Å². The molecular weight excluding hydrogens is 440 g/mol. The maximum atomic E-state index is 10.7. The molecule has 0 amide bonds. The summed E-state index contributed by atoms with van der Waals surface area (Å²) in [5.41, 5.74) is 2.51. The Kier molecular flexibility index (Phi) is 11.5. The van der Waals surface area contributed by atoms with Crippen molar-refractivity contribution in [3.8, 4) is 22.8 Å². The molecule has 0 spiro atoms. The molecular formula is C28H40N4OS. The Morgan fingerprint density at radius 3 is 2.00 bits per heavy atom. The fourth-order valence-electron chi connectivity index (χ4n) is 4.43. The van der Waals surface area contributed by atoms with Gasteiger partial charge in [-0.2, -0.15) is 4.68 Å². The molecule has 184 valence electrons. The second kappa shape index (κ2) is 14.8. The van der Waals surface area contributed by atoms with Crippen LogP contribution in [-0.2, 0) is 6.42 Å². The molecule has 0 atom stereocenters. The van der Waals surface area contributed by atoms with Crippen LogP contribution in [0.1, 0.15) is 96.0 Å². The molecule has 0 unspecified atom stereocenters. The van der Waals surface area contributed by atoms with Gasteiger partial charge in [-0.15, -0.1) is 17.7 Å². The summed E-state index contributed by atoms with van der Waals surface area (Å²) in [6.45, 7) is 2.27. The monoisotopic (exact) mass is 480 g/mol. The van der Waals surface area contributed by atoms with Crippen LogP contribution in [-0.4, -0.2) is 25.3 Å². The first kappa shape index (κ1) is 26.3. The highest BCUT2D eigenvalue weighted by Crippen LogP contribution is 2.33. The van der Waals surface area contributed by atoms with Crippen molar-refractivity contribution < 1.29 is 5.11 Å². The summed E-state index contributed by atoms with van der Waals surface area (Å²) >= 11 is 4.70. The minimum atomic E-state index is 0.189. The van der Waals surface area contributed by atoms with Crippen molar-refractivity contribution >= 4 is 12.6 Å². The number of aromatic hydroxyl groups is 1. The molecule has 1 aromatic heterocycles. The topological polar surface area (TPSA) is 63.8 Å². The van der Waals surface area contributed by atoms with Gasteiger partial charge in [0.1, 0.15) is 5.75 Å². The number of aryl methyl sites for hydroxylation is 1. The Morgan fingerprint density at radius 1 is 0.794 bits per heavy atom. The number of rotatable bonds is 16. The summed E-state index contributed by atoms with van der Waals surface area (Å²) < 4.78 is 1.63. The summed E-state index contributed by atoms with van der Waals surface area (Å²) in [4.78, 5) is 0.870. The zero-order valence-electron chi connectivity index (χ0n) is 20.6. The van der Waals surface area contributed by atoms with Crippen LogP contribution in [0.3, 0.4) is 0 Å². The predicted octanol–water partition coefficient (Wildman–Crippen LogP) is 7.96. The molecule has 3 rings (SSSR count). The Labute approximate surface area is 210 Å². The molecule has 1 heterocycles.